The largest absolute Gasteiger partial charge is 0.354 e. The Hall–Kier alpha value is -3.17. The molecular formula is C31H38BrN3O4S. The molecule has 0 radical (unpaired) electrons. The number of aryl methyl sites for hydroxylation is 3. The summed E-state index contributed by atoms with van der Waals surface area (Å²) in [4.78, 5) is 28.6. The highest BCUT2D eigenvalue weighted by Gasteiger charge is 2.33. The highest BCUT2D eigenvalue weighted by atomic mass is 79.9. The van der Waals surface area contributed by atoms with E-state index in [2.05, 4.69) is 21.2 Å². The lowest BCUT2D eigenvalue weighted by atomic mass is 10.1. The fourth-order valence-electron chi connectivity index (χ4n) is 4.34. The van der Waals surface area contributed by atoms with Gasteiger partial charge in [-0.15, -0.1) is 0 Å². The first kappa shape index (κ1) is 31.4. The molecule has 7 nitrogen and oxygen atoms in total. The molecular weight excluding hydrogens is 590 g/mol. The number of anilines is 1. The average molecular weight is 629 g/mol. The molecule has 3 aromatic rings. The Labute approximate surface area is 246 Å². The van der Waals surface area contributed by atoms with Crippen LogP contribution in [0.1, 0.15) is 48.9 Å². The van der Waals surface area contributed by atoms with Gasteiger partial charge < -0.3 is 10.2 Å². The van der Waals surface area contributed by atoms with Crippen molar-refractivity contribution in [1.29, 1.82) is 0 Å². The minimum Gasteiger partial charge on any atom is -0.354 e. The number of rotatable bonds is 12. The van der Waals surface area contributed by atoms with Gasteiger partial charge in [0.2, 0.25) is 11.8 Å². The van der Waals surface area contributed by atoms with E-state index in [1.165, 1.54) is 4.90 Å². The van der Waals surface area contributed by atoms with Crippen molar-refractivity contribution >= 4 is 43.5 Å². The van der Waals surface area contributed by atoms with Crippen LogP contribution in [0.4, 0.5) is 5.69 Å². The van der Waals surface area contributed by atoms with Crippen LogP contribution >= 0.6 is 15.9 Å². The second kappa shape index (κ2) is 13.9. The van der Waals surface area contributed by atoms with E-state index in [0.717, 1.165) is 43.9 Å². The van der Waals surface area contributed by atoms with Crippen LogP contribution < -0.4 is 9.62 Å². The molecule has 0 bridgehead atoms. The fourth-order valence-corrected chi connectivity index (χ4v) is 6.08. The third-order valence-corrected chi connectivity index (χ3v) is 9.07. The molecule has 9 heteroatoms. The van der Waals surface area contributed by atoms with Crippen LogP contribution in [0.25, 0.3) is 0 Å². The molecule has 3 rings (SSSR count). The van der Waals surface area contributed by atoms with Gasteiger partial charge in [0.1, 0.15) is 12.6 Å². The van der Waals surface area contributed by atoms with Gasteiger partial charge in [-0.25, -0.2) is 8.42 Å². The number of hydrogen-bond donors (Lipinski definition) is 1. The molecule has 0 aliphatic carbocycles. The maximum atomic E-state index is 14.0. The summed E-state index contributed by atoms with van der Waals surface area (Å²) in [6, 6.07) is 18.7. The van der Waals surface area contributed by atoms with Crippen molar-refractivity contribution < 1.29 is 18.0 Å². The molecule has 1 atom stereocenters. The molecule has 0 aliphatic heterocycles. The summed E-state index contributed by atoms with van der Waals surface area (Å²) in [7, 11) is -4.10. The summed E-state index contributed by atoms with van der Waals surface area (Å²) in [6.07, 6.45) is 1.76. The van der Waals surface area contributed by atoms with Crippen molar-refractivity contribution in [1.82, 2.24) is 10.2 Å². The van der Waals surface area contributed by atoms with Gasteiger partial charge in [-0.2, -0.15) is 0 Å². The third-order valence-electron chi connectivity index (χ3n) is 6.77. The van der Waals surface area contributed by atoms with Gasteiger partial charge in [-0.1, -0.05) is 76.8 Å². The topological polar surface area (TPSA) is 86.8 Å². The molecule has 1 N–H and O–H groups in total. The SMILES string of the molecule is CCCCNC(=O)[C@H](C)N(Cc1ccc(Br)cc1)C(=O)CN(c1ccc(C)cc1C)S(=O)(=O)c1ccc(C)cc1. The predicted molar refractivity (Wildman–Crippen MR) is 164 cm³/mol. The monoisotopic (exact) mass is 627 g/mol. The summed E-state index contributed by atoms with van der Waals surface area (Å²) in [5, 5.41) is 2.90. The Bertz CT molecular complexity index is 1420. The van der Waals surface area contributed by atoms with E-state index in [1.807, 2.05) is 64.1 Å². The highest BCUT2D eigenvalue weighted by Crippen LogP contribution is 2.28. The quantitative estimate of drug-likeness (QED) is 0.253. The number of benzene rings is 3. The van der Waals surface area contributed by atoms with E-state index in [1.54, 1.807) is 37.3 Å². The van der Waals surface area contributed by atoms with Crippen LogP contribution in [-0.2, 0) is 26.2 Å². The summed E-state index contributed by atoms with van der Waals surface area (Å²) in [5.41, 5.74) is 3.88. The molecule has 0 unspecified atom stereocenters. The van der Waals surface area contributed by atoms with Crippen molar-refractivity contribution in [3.63, 3.8) is 0 Å². The van der Waals surface area contributed by atoms with Crippen molar-refractivity contribution in [2.24, 2.45) is 0 Å². The Morgan fingerprint density at radius 3 is 2.15 bits per heavy atom. The number of halogens is 1. The van der Waals surface area contributed by atoms with E-state index in [0.29, 0.717) is 12.2 Å². The van der Waals surface area contributed by atoms with E-state index in [-0.39, 0.29) is 17.3 Å². The van der Waals surface area contributed by atoms with Crippen molar-refractivity contribution in [2.75, 3.05) is 17.4 Å². The Kier molecular flexibility index (Phi) is 10.9. The zero-order valence-corrected chi connectivity index (χ0v) is 26.2. The zero-order valence-electron chi connectivity index (χ0n) is 23.8. The lowest BCUT2D eigenvalue weighted by Gasteiger charge is -2.32. The Morgan fingerprint density at radius 1 is 0.925 bits per heavy atom. The molecule has 0 spiro atoms. The normalized spacial score (nSPS) is 12.1. The van der Waals surface area contributed by atoms with Crippen LogP contribution in [0, 0.1) is 20.8 Å². The standard InChI is InChI=1S/C31H38BrN3O4S/c1-6-7-18-33-31(37)25(5)34(20-26-11-13-27(32)14-12-26)30(36)21-35(29-17-10-23(3)19-24(29)4)40(38,39)28-15-8-22(2)9-16-28/h8-17,19,25H,6-7,18,20-21H2,1-5H3,(H,33,37)/t25-/m0/s1. The number of hydrogen-bond acceptors (Lipinski definition) is 4. The second-order valence-corrected chi connectivity index (χ2v) is 12.9. The maximum Gasteiger partial charge on any atom is 0.264 e. The smallest absolute Gasteiger partial charge is 0.264 e. The number of carbonyl (C=O) groups excluding carboxylic acids is 2. The molecule has 0 aliphatic rings. The maximum absolute atomic E-state index is 14.0. The number of unbranched alkanes of at least 4 members (excludes halogenated alkanes) is 1. The van der Waals surface area contributed by atoms with Crippen LogP contribution in [0.15, 0.2) is 76.1 Å². The first-order valence-electron chi connectivity index (χ1n) is 13.4. The highest BCUT2D eigenvalue weighted by molar-refractivity contribution is 9.10. The van der Waals surface area contributed by atoms with Gasteiger partial charge in [0, 0.05) is 17.6 Å². The second-order valence-electron chi connectivity index (χ2n) is 10.1. The summed E-state index contributed by atoms with van der Waals surface area (Å²) in [5.74, 6) is -0.755. The molecule has 3 aromatic carbocycles. The molecule has 0 aromatic heterocycles. The number of sulfonamides is 1. The molecule has 40 heavy (non-hydrogen) atoms. The molecule has 0 heterocycles. The van der Waals surface area contributed by atoms with Crippen LogP contribution in [0.2, 0.25) is 0 Å². The van der Waals surface area contributed by atoms with Gasteiger partial charge in [0.15, 0.2) is 0 Å². The van der Waals surface area contributed by atoms with E-state index in [4.69, 9.17) is 0 Å². The van der Waals surface area contributed by atoms with Gasteiger partial charge in [0.05, 0.1) is 10.6 Å². The van der Waals surface area contributed by atoms with Gasteiger partial charge >= 0.3 is 0 Å². The van der Waals surface area contributed by atoms with Gasteiger partial charge in [0.25, 0.3) is 10.0 Å². The van der Waals surface area contributed by atoms with Crippen LogP contribution in [0.5, 0.6) is 0 Å². The van der Waals surface area contributed by atoms with Crippen molar-refractivity contribution in [3.05, 3.63) is 93.5 Å². The molecule has 2 amide bonds. The van der Waals surface area contributed by atoms with Crippen LogP contribution in [0.3, 0.4) is 0 Å². The molecule has 0 saturated carbocycles. The number of nitrogens with one attached hydrogen (secondary N) is 1. The Morgan fingerprint density at radius 2 is 1.55 bits per heavy atom. The predicted octanol–water partition coefficient (Wildman–Crippen LogP) is 5.90. The number of nitrogens with zero attached hydrogens (tertiary/aromatic N) is 2. The summed E-state index contributed by atoms with van der Waals surface area (Å²) >= 11 is 3.43. The fraction of sp³-hybridized carbons (Fsp3) is 0.355. The van der Waals surface area contributed by atoms with Gasteiger partial charge in [-0.3, -0.25) is 13.9 Å². The zero-order chi connectivity index (χ0) is 29.4. The van der Waals surface area contributed by atoms with E-state index < -0.39 is 28.5 Å². The minimum absolute atomic E-state index is 0.0932. The first-order chi connectivity index (χ1) is 18.9. The lowest BCUT2D eigenvalue weighted by molar-refractivity contribution is -0.139. The minimum atomic E-state index is -4.10. The first-order valence-corrected chi connectivity index (χ1v) is 15.7. The molecule has 0 saturated heterocycles. The summed E-state index contributed by atoms with van der Waals surface area (Å²) < 4.78 is 30.0. The van der Waals surface area contributed by atoms with Crippen LogP contribution in [-0.4, -0.2) is 44.3 Å². The van der Waals surface area contributed by atoms with Crippen molar-refractivity contribution in [3.8, 4) is 0 Å². The molecule has 0 fully saturated rings. The van der Waals surface area contributed by atoms with E-state index >= 15 is 0 Å². The third kappa shape index (κ3) is 7.95. The average Bonchev–Trinajstić information content (AvgIpc) is 2.91. The molecule has 214 valence electrons. The van der Waals surface area contributed by atoms with Crippen molar-refractivity contribution in [2.45, 2.75) is 64.9 Å². The number of amides is 2. The van der Waals surface area contributed by atoms with E-state index in [9.17, 15) is 18.0 Å². The number of carbonyl (C=O) groups is 2. The summed E-state index contributed by atoms with van der Waals surface area (Å²) in [6.45, 7) is 9.56. The van der Waals surface area contributed by atoms with Gasteiger partial charge in [-0.05, 0) is 75.6 Å². The Balaban J connectivity index is 2.03. The lowest BCUT2D eigenvalue weighted by Crippen LogP contribution is -2.51.